The molecule has 1 saturated heterocycles. The molecule has 0 spiro atoms. The molecule has 0 aliphatic carbocycles. The van der Waals surface area contributed by atoms with Crippen LogP contribution in [0.4, 0.5) is 5.69 Å². The largest absolute Gasteiger partial charge is 0.485 e. The third-order valence-corrected chi connectivity index (χ3v) is 6.92. The van der Waals surface area contributed by atoms with Crippen LogP contribution in [0.15, 0.2) is 47.4 Å². The second-order valence-corrected chi connectivity index (χ2v) is 10.4. The van der Waals surface area contributed by atoms with Gasteiger partial charge in [-0.3, -0.25) is 14.5 Å². The number of benzene rings is 2. The van der Waals surface area contributed by atoms with E-state index in [-0.39, 0.29) is 40.6 Å². The molecule has 1 N–H and O–H groups in total. The average Bonchev–Trinajstić information content (AvgIpc) is 2.79. The molecule has 0 unspecified atom stereocenters. The fourth-order valence-corrected chi connectivity index (χ4v) is 4.51. The van der Waals surface area contributed by atoms with Crippen LogP contribution in [0.2, 0.25) is 5.02 Å². The molecule has 11 heteroatoms. The van der Waals surface area contributed by atoms with Gasteiger partial charge in [-0.05, 0) is 30.3 Å². The zero-order valence-corrected chi connectivity index (χ0v) is 19.6. The minimum Gasteiger partial charge on any atom is -0.485 e. The van der Waals surface area contributed by atoms with Gasteiger partial charge < -0.3 is 19.7 Å². The maximum absolute atomic E-state index is 12.8. The van der Waals surface area contributed by atoms with Crippen LogP contribution in [-0.4, -0.2) is 81.7 Å². The highest BCUT2D eigenvalue weighted by Gasteiger charge is 2.33. The second kappa shape index (κ2) is 9.58. The molecule has 2 heterocycles. The smallest absolute Gasteiger partial charge is 0.267 e. The normalized spacial score (nSPS) is 18.6. The number of sulfone groups is 1. The van der Waals surface area contributed by atoms with Gasteiger partial charge in [0, 0.05) is 32.4 Å². The molecule has 2 amide bonds. The number of nitrogens with one attached hydrogen (secondary N) is 1. The van der Waals surface area contributed by atoms with Crippen molar-refractivity contribution in [2.45, 2.75) is 11.0 Å². The average molecular weight is 494 g/mol. The maximum atomic E-state index is 12.8. The van der Waals surface area contributed by atoms with Crippen LogP contribution in [0, 0.1) is 0 Å². The Balaban J connectivity index is 1.28. The van der Waals surface area contributed by atoms with E-state index in [2.05, 4.69) is 5.32 Å². The summed E-state index contributed by atoms with van der Waals surface area (Å²) < 4.78 is 34.9. The number of fused-ring (bicyclic) bond motifs is 1. The zero-order chi connectivity index (χ0) is 23.6. The minimum absolute atomic E-state index is 0.0749. The van der Waals surface area contributed by atoms with Crippen LogP contribution in [-0.2, 0) is 19.4 Å². The van der Waals surface area contributed by atoms with E-state index < -0.39 is 15.9 Å². The molecule has 1 atom stereocenters. The standard InChI is InChI=1S/C22H24ClN3O6S/c1-33(29,30)15-6-7-16(23)17(12-15)24-21(27)13-25-8-10-26(11-9-25)22(28)20-14-31-18-4-2-3-5-19(18)32-20/h2-7,12,20H,8-11,13-14H2,1H3,(H,24,27)/t20-/m1/s1. The lowest BCUT2D eigenvalue weighted by Crippen LogP contribution is -2.54. The number of amides is 2. The van der Waals surface area contributed by atoms with Crippen LogP contribution < -0.4 is 14.8 Å². The quantitative estimate of drug-likeness (QED) is 0.675. The lowest BCUT2D eigenvalue weighted by atomic mass is 10.2. The fourth-order valence-electron chi connectivity index (χ4n) is 3.69. The van der Waals surface area contributed by atoms with E-state index in [0.717, 1.165) is 6.26 Å². The van der Waals surface area contributed by atoms with E-state index in [4.69, 9.17) is 21.1 Å². The van der Waals surface area contributed by atoms with Gasteiger partial charge in [-0.2, -0.15) is 0 Å². The molecule has 4 rings (SSSR count). The molecule has 0 bridgehead atoms. The first-order chi connectivity index (χ1) is 15.7. The third kappa shape index (κ3) is 5.58. The fraction of sp³-hybridized carbons (Fsp3) is 0.364. The van der Waals surface area contributed by atoms with Crippen LogP contribution in [0.25, 0.3) is 0 Å². The highest BCUT2D eigenvalue weighted by Crippen LogP contribution is 2.31. The second-order valence-electron chi connectivity index (χ2n) is 7.93. The number of halogens is 1. The van der Waals surface area contributed by atoms with Gasteiger partial charge in [0.15, 0.2) is 21.3 Å². The topological polar surface area (TPSA) is 105 Å². The molecule has 2 aliphatic heterocycles. The van der Waals surface area contributed by atoms with Gasteiger partial charge in [0.25, 0.3) is 5.91 Å². The van der Waals surface area contributed by atoms with Crippen LogP contribution >= 0.6 is 11.6 Å². The van der Waals surface area contributed by atoms with E-state index >= 15 is 0 Å². The number of nitrogens with zero attached hydrogens (tertiary/aromatic N) is 2. The maximum Gasteiger partial charge on any atom is 0.267 e. The zero-order valence-electron chi connectivity index (χ0n) is 18.0. The summed E-state index contributed by atoms with van der Waals surface area (Å²) in [6.07, 6.45) is 0.394. The lowest BCUT2D eigenvalue weighted by molar-refractivity contribution is -0.143. The van der Waals surface area contributed by atoms with Crippen molar-refractivity contribution in [3.8, 4) is 11.5 Å². The molecule has 1 fully saturated rings. The monoisotopic (exact) mass is 493 g/mol. The molecule has 2 aromatic rings. The summed E-state index contributed by atoms with van der Waals surface area (Å²) in [6, 6.07) is 11.4. The number of carbonyl (C=O) groups excluding carboxylic acids is 2. The van der Waals surface area contributed by atoms with Crippen LogP contribution in [0.1, 0.15) is 0 Å². The van der Waals surface area contributed by atoms with E-state index in [9.17, 15) is 18.0 Å². The Morgan fingerprint density at radius 3 is 2.48 bits per heavy atom. The van der Waals surface area contributed by atoms with Crippen molar-refractivity contribution in [1.82, 2.24) is 9.80 Å². The van der Waals surface area contributed by atoms with E-state index in [0.29, 0.717) is 37.7 Å². The van der Waals surface area contributed by atoms with Gasteiger partial charge >= 0.3 is 0 Å². The molecule has 2 aromatic carbocycles. The van der Waals surface area contributed by atoms with Crippen molar-refractivity contribution < 1.29 is 27.5 Å². The molecule has 33 heavy (non-hydrogen) atoms. The number of ether oxygens (including phenoxy) is 2. The van der Waals surface area contributed by atoms with E-state index in [1.807, 2.05) is 17.0 Å². The molecule has 0 aromatic heterocycles. The van der Waals surface area contributed by atoms with Crippen molar-refractivity contribution in [2.24, 2.45) is 0 Å². The van der Waals surface area contributed by atoms with Gasteiger partial charge in [0.05, 0.1) is 22.2 Å². The van der Waals surface area contributed by atoms with Crippen LogP contribution in [0.3, 0.4) is 0 Å². The number of hydrogen-bond acceptors (Lipinski definition) is 7. The molecule has 0 radical (unpaired) electrons. The van der Waals surface area contributed by atoms with Gasteiger partial charge in [-0.15, -0.1) is 0 Å². The van der Waals surface area contributed by atoms with E-state index in [1.165, 1.54) is 18.2 Å². The van der Waals surface area contributed by atoms with Gasteiger partial charge in [0.1, 0.15) is 6.61 Å². The van der Waals surface area contributed by atoms with Gasteiger partial charge in [-0.1, -0.05) is 23.7 Å². The number of para-hydroxylation sites is 2. The minimum atomic E-state index is -3.42. The number of anilines is 1. The summed E-state index contributed by atoms with van der Waals surface area (Å²) in [5.74, 6) is 0.719. The Hall–Kier alpha value is -2.82. The number of hydrogen-bond donors (Lipinski definition) is 1. The summed E-state index contributed by atoms with van der Waals surface area (Å²) in [4.78, 5) is 29.0. The Morgan fingerprint density at radius 2 is 1.79 bits per heavy atom. The Morgan fingerprint density at radius 1 is 1.09 bits per heavy atom. The summed E-state index contributed by atoms with van der Waals surface area (Å²) >= 11 is 6.10. The number of carbonyl (C=O) groups is 2. The van der Waals surface area contributed by atoms with Crippen molar-refractivity contribution in [1.29, 1.82) is 0 Å². The molecule has 176 valence electrons. The van der Waals surface area contributed by atoms with Crippen LogP contribution in [0.5, 0.6) is 11.5 Å². The summed E-state index contributed by atoms with van der Waals surface area (Å²) in [5, 5.41) is 2.92. The number of rotatable bonds is 5. The first-order valence-electron chi connectivity index (χ1n) is 10.4. The van der Waals surface area contributed by atoms with Gasteiger partial charge in [-0.25, -0.2) is 8.42 Å². The molecule has 9 nitrogen and oxygen atoms in total. The summed E-state index contributed by atoms with van der Waals surface area (Å²) in [6.45, 7) is 2.19. The molecule has 2 aliphatic rings. The Kier molecular flexibility index (Phi) is 6.78. The van der Waals surface area contributed by atoms with Crippen molar-refractivity contribution >= 4 is 38.9 Å². The van der Waals surface area contributed by atoms with Crippen molar-refractivity contribution in [2.75, 3.05) is 50.9 Å². The summed E-state index contributed by atoms with van der Waals surface area (Å²) in [5.41, 5.74) is 0.244. The molecule has 0 saturated carbocycles. The highest BCUT2D eigenvalue weighted by molar-refractivity contribution is 7.90. The molecular weight excluding hydrogens is 470 g/mol. The third-order valence-electron chi connectivity index (χ3n) is 5.48. The predicted molar refractivity (Wildman–Crippen MR) is 123 cm³/mol. The first-order valence-corrected chi connectivity index (χ1v) is 12.7. The van der Waals surface area contributed by atoms with Gasteiger partial charge in [0.2, 0.25) is 12.0 Å². The predicted octanol–water partition coefficient (Wildman–Crippen LogP) is 1.67. The van der Waals surface area contributed by atoms with Crippen molar-refractivity contribution in [3.05, 3.63) is 47.5 Å². The molecular formula is C22H24ClN3O6S. The summed E-state index contributed by atoms with van der Waals surface area (Å²) in [7, 11) is -3.42. The van der Waals surface area contributed by atoms with E-state index in [1.54, 1.807) is 17.0 Å². The number of piperazine rings is 1. The lowest BCUT2D eigenvalue weighted by Gasteiger charge is -2.36. The van der Waals surface area contributed by atoms with Crippen molar-refractivity contribution in [3.63, 3.8) is 0 Å². The highest BCUT2D eigenvalue weighted by atomic mass is 35.5. The Bertz CT molecular complexity index is 1160. The Labute approximate surface area is 197 Å². The first kappa shape index (κ1) is 23.3. The SMILES string of the molecule is CS(=O)(=O)c1ccc(Cl)c(NC(=O)CN2CCN(C(=O)[C@H]3COc4ccccc4O3)CC2)c1.